The summed E-state index contributed by atoms with van der Waals surface area (Å²) in [5.41, 5.74) is 0. The van der Waals surface area contributed by atoms with E-state index >= 15 is 0 Å². The van der Waals surface area contributed by atoms with Gasteiger partial charge in [-0.2, -0.15) is 0 Å². The lowest BCUT2D eigenvalue weighted by Crippen LogP contribution is -2.24. The predicted octanol–water partition coefficient (Wildman–Crippen LogP) is 3.62. The van der Waals surface area contributed by atoms with Gasteiger partial charge in [0.15, 0.2) is 5.76 Å². The zero-order valence-corrected chi connectivity index (χ0v) is 10.8. The highest BCUT2D eigenvalue weighted by Crippen LogP contribution is 2.30. The van der Waals surface area contributed by atoms with E-state index in [0.717, 1.165) is 12.8 Å². The van der Waals surface area contributed by atoms with Crippen LogP contribution in [0.5, 0.6) is 11.7 Å². The third kappa shape index (κ3) is 2.90. The number of benzene rings is 1. The molecule has 1 N–H and O–H groups in total. The van der Waals surface area contributed by atoms with Gasteiger partial charge in [-0.1, -0.05) is 23.7 Å². The van der Waals surface area contributed by atoms with Gasteiger partial charge in [-0.15, -0.1) is 0 Å². The van der Waals surface area contributed by atoms with Crippen molar-refractivity contribution < 1.29 is 13.9 Å². The van der Waals surface area contributed by atoms with E-state index in [1.165, 1.54) is 0 Å². The Morgan fingerprint density at radius 3 is 2.79 bits per heavy atom. The van der Waals surface area contributed by atoms with Crippen molar-refractivity contribution in [3.05, 3.63) is 47.2 Å². The van der Waals surface area contributed by atoms with Crippen LogP contribution in [0.25, 0.3) is 0 Å². The lowest BCUT2D eigenvalue weighted by molar-refractivity contribution is 0.0918. The zero-order valence-electron chi connectivity index (χ0n) is 10.1. The van der Waals surface area contributed by atoms with E-state index in [1.807, 2.05) is 12.1 Å². The minimum absolute atomic E-state index is 0.212. The van der Waals surface area contributed by atoms with Crippen LogP contribution in [-0.4, -0.2) is 11.9 Å². The fraction of sp³-hybridized carbons (Fsp3) is 0.214. The highest BCUT2D eigenvalue weighted by atomic mass is 35.5. The Kier molecular flexibility index (Phi) is 3.17. The number of ether oxygens (including phenoxy) is 1. The molecule has 0 saturated heterocycles. The standard InChI is InChI=1S/C14H12ClNO3/c15-10-3-1-2-4-11(10)18-13-8-7-12(19-13)14(17)16-9-5-6-9/h1-4,7-9H,5-6H2,(H,16,17). The molecular weight excluding hydrogens is 266 g/mol. The number of carbonyl (C=O) groups excluding carboxylic acids is 1. The summed E-state index contributed by atoms with van der Waals surface area (Å²) >= 11 is 5.97. The third-order valence-electron chi connectivity index (χ3n) is 2.76. The Labute approximate surface area is 115 Å². The maximum atomic E-state index is 11.7. The first-order valence-corrected chi connectivity index (χ1v) is 6.43. The van der Waals surface area contributed by atoms with Crippen LogP contribution in [0.4, 0.5) is 0 Å². The molecule has 2 aromatic rings. The quantitative estimate of drug-likeness (QED) is 0.929. The van der Waals surface area contributed by atoms with Crippen molar-refractivity contribution in [3.63, 3.8) is 0 Å². The normalized spacial score (nSPS) is 14.2. The van der Waals surface area contributed by atoms with Crippen LogP contribution in [0.1, 0.15) is 23.4 Å². The van der Waals surface area contributed by atoms with E-state index in [9.17, 15) is 4.79 Å². The summed E-state index contributed by atoms with van der Waals surface area (Å²) in [6, 6.07) is 10.6. The van der Waals surface area contributed by atoms with E-state index in [-0.39, 0.29) is 17.6 Å². The molecule has 4 nitrogen and oxygen atoms in total. The number of rotatable bonds is 4. The molecule has 5 heteroatoms. The second-order valence-electron chi connectivity index (χ2n) is 4.40. The average molecular weight is 278 g/mol. The highest BCUT2D eigenvalue weighted by Gasteiger charge is 2.25. The molecular formula is C14H12ClNO3. The van der Waals surface area contributed by atoms with Gasteiger partial charge in [-0.05, 0) is 31.0 Å². The Morgan fingerprint density at radius 1 is 1.26 bits per heavy atom. The SMILES string of the molecule is O=C(NC1CC1)c1ccc(Oc2ccccc2Cl)o1. The summed E-state index contributed by atoms with van der Waals surface area (Å²) < 4.78 is 10.8. The van der Waals surface area contributed by atoms with Gasteiger partial charge in [-0.25, -0.2) is 0 Å². The van der Waals surface area contributed by atoms with Gasteiger partial charge in [0.1, 0.15) is 5.75 Å². The van der Waals surface area contributed by atoms with Crippen LogP contribution in [0.15, 0.2) is 40.8 Å². The van der Waals surface area contributed by atoms with E-state index in [2.05, 4.69) is 5.32 Å². The lowest BCUT2D eigenvalue weighted by atomic mass is 10.3. The van der Waals surface area contributed by atoms with Crippen molar-refractivity contribution in [2.24, 2.45) is 0 Å². The van der Waals surface area contributed by atoms with Gasteiger partial charge in [0, 0.05) is 12.1 Å². The van der Waals surface area contributed by atoms with Crippen molar-refractivity contribution in [1.82, 2.24) is 5.32 Å². The molecule has 1 amide bonds. The zero-order chi connectivity index (χ0) is 13.2. The molecule has 1 fully saturated rings. The third-order valence-corrected chi connectivity index (χ3v) is 3.08. The number of halogens is 1. The van der Waals surface area contributed by atoms with Gasteiger partial charge in [0.05, 0.1) is 5.02 Å². The van der Waals surface area contributed by atoms with Crippen LogP contribution in [0, 0.1) is 0 Å². The average Bonchev–Trinajstić information content (AvgIpc) is 3.08. The Morgan fingerprint density at radius 2 is 2.05 bits per heavy atom. The molecule has 1 saturated carbocycles. The van der Waals surface area contributed by atoms with Crippen molar-refractivity contribution in [3.8, 4) is 11.7 Å². The minimum atomic E-state index is -0.212. The Hall–Kier alpha value is -1.94. The number of carbonyl (C=O) groups is 1. The molecule has 1 aliphatic carbocycles. The lowest BCUT2D eigenvalue weighted by Gasteiger charge is -2.03. The van der Waals surface area contributed by atoms with E-state index in [0.29, 0.717) is 16.8 Å². The maximum absolute atomic E-state index is 11.7. The molecule has 98 valence electrons. The van der Waals surface area contributed by atoms with Crippen molar-refractivity contribution in [1.29, 1.82) is 0 Å². The first kappa shape index (κ1) is 12.1. The Balaban J connectivity index is 1.70. The topological polar surface area (TPSA) is 51.5 Å². The molecule has 3 rings (SSSR count). The largest absolute Gasteiger partial charge is 0.424 e. The van der Waals surface area contributed by atoms with Crippen LogP contribution in [-0.2, 0) is 0 Å². The molecule has 1 heterocycles. The van der Waals surface area contributed by atoms with Crippen LogP contribution >= 0.6 is 11.6 Å². The highest BCUT2D eigenvalue weighted by molar-refractivity contribution is 6.32. The second-order valence-corrected chi connectivity index (χ2v) is 4.81. The van der Waals surface area contributed by atoms with Crippen LogP contribution < -0.4 is 10.1 Å². The minimum Gasteiger partial charge on any atom is -0.424 e. The van der Waals surface area contributed by atoms with E-state index < -0.39 is 0 Å². The molecule has 0 radical (unpaired) electrons. The molecule has 0 unspecified atom stereocenters. The number of hydrogen-bond donors (Lipinski definition) is 1. The molecule has 0 bridgehead atoms. The van der Waals surface area contributed by atoms with Crippen molar-refractivity contribution in [2.75, 3.05) is 0 Å². The molecule has 1 aromatic carbocycles. The van der Waals surface area contributed by atoms with Crippen LogP contribution in [0.3, 0.4) is 0 Å². The number of para-hydroxylation sites is 1. The van der Waals surface area contributed by atoms with Crippen LogP contribution in [0.2, 0.25) is 5.02 Å². The van der Waals surface area contributed by atoms with Gasteiger partial charge in [0.25, 0.3) is 11.9 Å². The molecule has 19 heavy (non-hydrogen) atoms. The molecule has 0 aliphatic heterocycles. The first-order valence-electron chi connectivity index (χ1n) is 6.05. The number of hydrogen-bond acceptors (Lipinski definition) is 3. The first-order chi connectivity index (χ1) is 9.22. The van der Waals surface area contributed by atoms with Gasteiger partial charge in [0.2, 0.25) is 0 Å². The van der Waals surface area contributed by atoms with Gasteiger partial charge in [-0.3, -0.25) is 4.79 Å². The van der Waals surface area contributed by atoms with Crippen molar-refractivity contribution >= 4 is 17.5 Å². The van der Waals surface area contributed by atoms with E-state index in [4.69, 9.17) is 20.8 Å². The fourth-order valence-corrected chi connectivity index (χ4v) is 1.79. The predicted molar refractivity (Wildman–Crippen MR) is 70.7 cm³/mol. The number of amides is 1. The number of nitrogens with one attached hydrogen (secondary N) is 1. The second kappa shape index (κ2) is 4.97. The summed E-state index contributed by atoms with van der Waals surface area (Å²) in [6.45, 7) is 0. The molecule has 1 aromatic heterocycles. The number of furan rings is 1. The maximum Gasteiger partial charge on any atom is 0.290 e. The molecule has 1 aliphatic rings. The Bertz CT molecular complexity index is 604. The molecule has 0 spiro atoms. The summed E-state index contributed by atoms with van der Waals surface area (Å²) in [5, 5.41) is 3.33. The molecule has 0 atom stereocenters. The van der Waals surface area contributed by atoms with Crippen molar-refractivity contribution in [2.45, 2.75) is 18.9 Å². The fourth-order valence-electron chi connectivity index (χ4n) is 1.62. The van der Waals surface area contributed by atoms with E-state index in [1.54, 1.807) is 24.3 Å². The summed E-state index contributed by atoms with van der Waals surface area (Å²) in [7, 11) is 0. The monoisotopic (exact) mass is 277 g/mol. The summed E-state index contributed by atoms with van der Waals surface area (Å²) in [4.78, 5) is 11.7. The smallest absolute Gasteiger partial charge is 0.290 e. The summed E-state index contributed by atoms with van der Waals surface area (Å²) in [6.07, 6.45) is 2.07. The summed E-state index contributed by atoms with van der Waals surface area (Å²) in [5.74, 6) is 0.771. The van der Waals surface area contributed by atoms with Gasteiger partial charge < -0.3 is 14.5 Å². The van der Waals surface area contributed by atoms with Gasteiger partial charge >= 0.3 is 0 Å².